The molecule has 0 radical (unpaired) electrons. The molecule has 1 aliphatic rings. The van der Waals surface area contributed by atoms with E-state index in [1.165, 1.54) is 6.42 Å². The Morgan fingerprint density at radius 3 is 2.87 bits per heavy atom. The number of hydrogen-bond acceptors (Lipinski definition) is 4. The quantitative estimate of drug-likeness (QED) is 0.803. The molecule has 1 aliphatic carbocycles. The molecular formula is C11H11NO2S. The lowest BCUT2D eigenvalue weighted by molar-refractivity contribution is 0.253. The monoisotopic (exact) mass is 221 g/mol. The first-order valence-electron chi connectivity index (χ1n) is 5.00. The highest BCUT2D eigenvalue weighted by Gasteiger charge is 2.34. The van der Waals surface area contributed by atoms with Gasteiger partial charge in [0, 0.05) is 5.54 Å². The normalized spacial score (nSPS) is 19.0. The topological polar surface area (TPSA) is 56.2 Å². The number of hydrogen-bond donors (Lipinski definition) is 1. The first kappa shape index (κ1) is 9.12. The van der Waals surface area contributed by atoms with E-state index in [0.717, 1.165) is 34.4 Å². The van der Waals surface area contributed by atoms with Gasteiger partial charge in [-0.05, 0) is 37.0 Å². The molecule has 0 unspecified atom stereocenters. The van der Waals surface area contributed by atoms with Crippen molar-refractivity contribution in [3.8, 4) is 0 Å². The average Bonchev–Trinajstić information content (AvgIpc) is 2.53. The van der Waals surface area contributed by atoms with Gasteiger partial charge >= 0.3 is 4.94 Å². The maximum atomic E-state index is 11.1. The van der Waals surface area contributed by atoms with Crippen LogP contribution in [0, 0.1) is 0 Å². The van der Waals surface area contributed by atoms with Crippen molar-refractivity contribution in [2.24, 2.45) is 5.73 Å². The summed E-state index contributed by atoms with van der Waals surface area (Å²) in [5.74, 6) is 0. The minimum atomic E-state index is -0.248. The van der Waals surface area contributed by atoms with E-state index in [-0.39, 0.29) is 10.5 Å². The van der Waals surface area contributed by atoms with Crippen LogP contribution in [0.5, 0.6) is 0 Å². The molecule has 0 bridgehead atoms. The van der Waals surface area contributed by atoms with E-state index in [4.69, 9.17) is 10.2 Å². The minimum Gasteiger partial charge on any atom is -0.414 e. The number of nitrogens with two attached hydrogens (primary N) is 1. The zero-order chi connectivity index (χ0) is 10.5. The number of fused-ring (bicyclic) bond motifs is 1. The summed E-state index contributed by atoms with van der Waals surface area (Å²) in [4.78, 5) is 10.8. The van der Waals surface area contributed by atoms with Crippen molar-refractivity contribution < 1.29 is 4.42 Å². The lowest BCUT2D eigenvalue weighted by Crippen LogP contribution is -2.43. The first-order chi connectivity index (χ1) is 7.17. The number of benzene rings is 1. The van der Waals surface area contributed by atoms with Crippen LogP contribution in [0.25, 0.3) is 10.3 Å². The van der Waals surface area contributed by atoms with Gasteiger partial charge in [-0.1, -0.05) is 17.4 Å². The SMILES string of the molecule is NC1(c2ccc3sc(=O)oc3c2)CCC1. The van der Waals surface area contributed by atoms with Crippen LogP contribution in [0.3, 0.4) is 0 Å². The molecule has 1 saturated carbocycles. The average molecular weight is 221 g/mol. The molecule has 0 aliphatic heterocycles. The van der Waals surface area contributed by atoms with Crippen LogP contribution in [0.2, 0.25) is 0 Å². The Kier molecular flexibility index (Phi) is 1.78. The molecule has 4 heteroatoms. The molecular weight excluding hydrogens is 210 g/mol. The van der Waals surface area contributed by atoms with Gasteiger partial charge in [-0.15, -0.1) is 0 Å². The zero-order valence-corrected chi connectivity index (χ0v) is 8.97. The van der Waals surface area contributed by atoms with E-state index in [1.807, 2.05) is 18.2 Å². The van der Waals surface area contributed by atoms with Crippen LogP contribution in [0.15, 0.2) is 27.4 Å². The van der Waals surface area contributed by atoms with Crippen molar-refractivity contribution in [2.75, 3.05) is 0 Å². The fourth-order valence-corrected chi connectivity index (χ4v) is 2.68. The fourth-order valence-electron chi connectivity index (χ4n) is 2.03. The van der Waals surface area contributed by atoms with Crippen LogP contribution < -0.4 is 10.7 Å². The summed E-state index contributed by atoms with van der Waals surface area (Å²) in [6.07, 6.45) is 3.22. The minimum absolute atomic E-state index is 0.186. The van der Waals surface area contributed by atoms with Gasteiger partial charge in [0.15, 0.2) is 0 Å². The Morgan fingerprint density at radius 2 is 2.20 bits per heavy atom. The van der Waals surface area contributed by atoms with Gasteiger partial charge in [-0.2, -0.15) is 0 Å². The van der Waals surface area contributed by atoms with Gasteiger partial charge in [0.25, 0.3) is 0 Å². The molecule has 1 aromatic heterocycles. The lowest BCUT2D eigenvalue weighted by Gasteiger charge is -2.38. The van der Waals surface area contributed by atoms with Crippen molar-refractivity contribution in [1.82, 2.24) is 0 Å². The molecule has 1 aromatic carbocycles. The van der Waals surface area contributed by atoms with Crippen molar-refractivity contribution in [2.45, 2.75) is 24.8 Å². The van der Waals surface area contributed by atoms with Gasteiger partial charge in [0.2, 0.25) is 0 Å². The van der Waals surface area contributed by atoms with E-state index in [9.17, 15) is 4.79 Å². The summed E-state index contributed by atoms with van der Waals surface area (Å²) in [5, 5.41) is 0. The van der Waals surface area contributed by atoms with Crippen LogP contribution in [-0.2, 0) is 5.54 Å². The van der Waals surface area contributed by atoms with E-state index >= 15 is 0 Å². The first-order valence-corrected chi connectivity index (χ1v) is 5.82. The summed E-state index contributed by atoms with van der Waals surface area (Å²) in [7, 11) is 0. The summed E-state index contributed by atoms with van der Waals surface area (Å²) >= 11 is 1.13. The molecule has 2 aromatic rings. The van der Waals surface area contributed by atoms with Crippen LogP contribution in [0.1, 0.15) is 24.8 Å². The Labute approximate surface area is 90.5 Å². The van der Waals surface area contributed by atoms with Gasteiger partial charge in [0.05, 0.1) is 4.70 Å². The highest BCUT2D eigenvalue weighted by Crippen LogP contribution is 2.39. The Morgan fingerprint density at radius 1 is 1.40 bits per heavy atom. The molecule has 2 N–H and O–H groups in total. The third-order valence-electron chi connectivity index (χ3n) is 3.15. The highest BCUT2D eigenvalue weighted by atomic mass is 32.1. The second kappa shape index (κ2) is 2.93. The van der Waals surface area contributed by atoms with Crippen molar-refractivity contribution in [3.63, 3.8) is 0 Å². The molecule has 1 fully saturated rings. The van der Waals surface area contributed by atoms with Gasteiger partial charge in [-0.3, -0.25) is 0 Å². The van der Waals surface area contributed by atoms with Gasteiger partial charge in [-0.25, -0.2) is 4.79 Å². The molecule has 0 atom stereocenters. The third kappa shape index (κ3) is 1.33. The smallest absolute Gasteiger partial charge is 0.396 e. The summed E-state index contributed by atoms with van der Waals surface area (Å²) < 4.78 is 5.97. The third-order valence-corrected chi connectivity index (χ3v) is 3.96. The molecule has 0 saturated heterocycles. The molecule has 3 rings (SSSR count). The van der Waals surface area contributed by atoms with E-state index in [0.29, 0.717) is 5.58 Å². The molecule has 1 heterocycles. The maximum absolute atomic E-state index is 11.1. The molecule has 0 spiro atoms. The Balaban J connectivity index is 2.17. The van der Waals surface area contributed by atoms with E-state index < -0.39 is 0 Å². The van der Waals surface area contributed by atoms with E-state index in [2.05, 4.69) is 0 Å². The van der Waals surface area contributed by atoms with Crippen LogP contribution in [-0.4, -0.2) is 0 Å². The van der Waals surface area contributed by atoms with Crippen LogP contribution >= 0.6 is 11.3 Å². The molecule has 15 heavy (non-hydrogen) atoms. The molecule has 78 valence electrons. The largest absolute Gasteiger partial charge is 0.414 e. The molecule has 3 nitrogen and oxygen atoms in total. The second-order valence-electron chi connectivity index (χ2n) is 4.13. The van der Waals surface area contributed by atoms with E-state index in [1.54, 1.807) is 0 Å². The number of rotatable bonds is 1. The maximum Gasteiger partial charge on any atom is 0.396 e. The fraction of sp³-hybridized carbons (Fsp3) is 0.364. The predicted molar refractivity (Wildman–Crippen MR) is 60.1 cm³/mol. The lowest BCUT2D eigenvalue weighted by atomic mass is 9.73. The van der Waals surface area contributed by atoms with Crippen molar-refractivity contribution in [3.05, 3.63) is 33.5 Å². The van der Waals surface area contributed by atoms with Crippen molar-refractivity contribution >= 4 is 21.6 Å². The summed E-state index contributed by atoms with van der Waals surface area (Å²) in [6, 6.07) is 5.84. The Hall–Kier alpha value is -1.13. The van der Waals surface area contributed by atoms with Crippen LogP contribution in [0.4, 0.5) is 0 Å². The van der Waals surface area contributed by atoms with Gasteiger partial charge < -0.3 is 10.2 Å². The standard InChI is InChI=1S/C11H11NO2S/c12-11(4-1-5-11)7-2-3-9-8(6-7)14-10(13)15-9/h2-3,6H,1,4-5,12H2. The summed E-state index contributed by atoms with van der Waals surface area (Å²) in [5.41, 5.74) is 7.77. The summed E-state index contributed by atoms with van der Waals surface area (Å²) in [6.45, 7) is 0. The second-order valence-corrected chi connectivity index (χ2v) is 5.10. The predicted octanol–water partition coefficient (Wildman–Crippen LogP) is 2.19. The zero-order valence-electron chi connectivity index (χ0n) is 8.16. The molecule has 0 amide bonds. The highest BCUT2D eigenvalue weighted by molar-refractivity contribution is 7.16. The van der Waals surface area contributed by atoms with Gasteiger partial charge in [0.1, 0.15) is 5.58 Å². The Bertz CT molecular complexity index is 565. The van der Waals surface area contributed by atoms with Crippen molar-refractivity contribution in [1.29, 1.82) is 0 Å².